The molecule has 0 radical (unpaired) electrons. The molecular weight excluding hydrogens is 124 g/mol. The van der Waals surface area contributed by atoms with Crippen LogP contribution in [0, 0.1) is 0 Å². The Bertz CT molecular complexity index is 114. The molecule has 0 aliphatic rings. The number of rotatable bonds is 5. The summed E-state index contributed by atoms with van der Waals surface area (Å²) in [6.07, 6.45) is 7.56. The molecule has 0 saturated carbocycles. The number of allylic oxidation sites excluding steroid dienone is 2. The Morgan fingerprint density at radius 2 is 2.10 bits per heavy atom. The van der Waals surface area contributed by atoms with Crippen LogP contribution in [0.5, 0.6) is 0 Å². The minimum atomic E-state index is 0.260. The Balaban J connectivity index is 3.22. The third-order valence-corrected chi connectivity index (χ3v) is 1.38. The zero-order valence-corrected chi connectivity index (χ0v) is 6.89. The Labute approximate surface area is 63.1 Å². The number of unbranched alkanes of at least 4 members (excludes halogenated alkanes) is 2. The van der Waals surface area contributed by atoms with Crippen LogP contribution in [0.2, 0.25) is 0 Å². The van der Waals surface area contributed by atoms with Crippen LogP contribution in [0.1, 0.15) is 39.5 Å². The Morgan fingerprint density at radius 1 is 1.40 bits per heavy atom. The number of carbonyl (C=O) groups is 1. The summed E-state index contributed by atoms with van der Waals surface area (Å²) in [7, 11) is 0. The molecule has 0 unspecified atom stereocenters. The van der Waals surface area contributed by atoms with E-state index in [0.29, 0.717) is 0 Å². The van der Waals surface area contributed by atoms with Gasteiger partial charge in [0.2, 0.25) is 0 Å². The largest absolute Gasteiger partial charge is 0.295 e. The van der Waals surface area contributed by atoms with Crippen molar-refractivity contribution in [1.29, 1.82) is 0 Å². The van der Waals surface area contributed by atoms with E-state index in [-0.39, 0.29) is 5.78 Å². The third-order valence-electron chi connectivity index (χ3n) is 1.38. The maximum Gasteiger partial charge on any atom is 0.155 e. The van der Waals surface area contributed by atoms with Crippen LogP contribution in [0.3, 0.4) is 0 Å². The highest BCUT2D eigenvalue weighted by Crippen LogP contribution is 1.99. The van der Waals surface area contributed by atoms with Crippen LogP contribution < -0.4 is 0 Å². The van der Waals surface area contributed by atoms with E-state index in [0.717, 1.165) is 12.8 Å². The molecule has 0 fully saturated rings. The van der Waals surface area contributed by atoms with Gasteiger partial charge in [0.15, 0.2) is 5.78 Å². The molecule has 0 bridgehead atoms. The maximum absolute atomic E-state index is 10.8. The number of hydrogen-bond acceptors (Lipinski definition) is 1. The lowest BCUT2D eigenvalue weighted by molar-refractivity contribution is -0.114. The third kappa shape index (κ3) is 5.54. The lowest BCUT2D eigenvalue weighted by Gasteiger charge is -1.92. The first kappa shape index (κ1) is 9.41. The summed E-state index contributed by atoms with van der Waals surface area (Å²) in [6.45, 7) is 4.01. The second-order valence-electron chi connectivity index (χ2n) is 2.42. The maximum atomic E-state index is 10.8. The SMILES string of the molecule is C/C=C\C(=O)CCCCC. The molecule has 0 aliphatic carbocycles. The van der Waals surface area contributed by atoms with E-state index in [1.54, 1.807) is 12.2 Å². The van der Waals surface area contributed by atoms with E-state index in [2.05, 4.69) is 6.92 Å². The Morgan fingerprint density at radius 3 is 2.60 bits per heavy atom. The summed E-state index contributed by atoms with van der Waals surface area (Å²) in [4.78, 5) is 10.8. The van der Waals surface area contributed by atoms with Gasteiger partial charge >= 0.3 is 0 Å². The lowest BCUT2D eigenvalue weighted by Crippen LogP contribution is -1.90. The van der Waals surface area contributed by atoms with Crippen molar-refractivity contribution < 1.29 is 4.79 Å². The number of ketones is 1. The molecule has 0 aromatic carbocycles. The summed E-state index contributed by atoms with van der Waals surface area (Å²) >= 11 is 0. The molecular formula is C9H16O. The molecule has 58 valence electrons. The van der Waals surface area contributed by atoms with Gasteiger partial charge in [-0.3, -0.25) is 4.79 Å². The predicted octanol–water partition coefficient (Wildman–Crippen LogP) is 2.71. The monoisotopic (exact) mass is 140 g/mol. The first-order valence-corrected chi connectivity index (χ1v) is 3.96. The minimum absolute atomic E-state index is 0.260. The smallest absolute Gasteiger partial charge is 0.155 e. The molecule has 0 atom stereocenters. The van der Waals surface area contributed by atoms with Crippen molar-refractivity contribution in [1.82, 2.24) is 0 Å². The van der Waals surface area contributed by atoms with Gasteiger partial charge < -0.3 is 0 Å². The van der Waals surface area contributed by atoms with E-state index in [9.17, 15) is 4.79 Å². The van der Waals surface area contributed by atoms with Gasteiger partial charge in [-0.1, -0.05) is 25.8 Å². The highest BCUT2D eigenvalue weighted by molar-refractivity contribution is 5.89. The van der Waals surface area contributed by atoms with Gasteiger partial charge in [-0.05, 0) is 19.4 Å². The molecule has 0 N–H and O–H groups in total. The van der Waals surface area contributed by atoms with Crippen LogP contribution in [0.4, 0.5) is 0 Å². The molecule has 1 nitrogen and oxygen atoms in total. The van der Waals surface area contributed by atoms with Gasteiger partial charge in [0.05, 0.1) is 0 Å². The van der Waals surface area contributed by atoms with Crippen molar-refractivity contribution in [2.24, 2.45) is 0 Å². The van der Waals surface area contributed by atoms with E-state index in [4.69, 9.17) is 0 Å². The highest BCUT2D eigenvalue weighted by Gasteiger charge is 1.93. The van der Waals surface area contributed by atoms with E-state index in [1.807, 2.05) is 6.92 Å². The first-order valence-electron chi connectivity index (χ1n) is 3.96. The van der Waals surface area contributed by atoms with Gasteiger partial charge in [-0.25, -0.2) is 0 Å². The van der Waals surface area contributed by atoms with Crippen molar-refractivity contribution in [3.05, 3.63) is 12.2 Å². The number of carbonyl (C=O) groups excluding carboxylic acids is 1. The van der Waals surface area contributed by atoms with Gasteiger partial charge in [0.25, 0.3) is 0 Å². The molecule has 0 spiro atoms. The van der Waals surface area contributed by atoms with Gasteiger partial charge in [0, 0.05) is 6.42 Å². The fourth-order valence-corrected chi connectivity index (χ4v) is 0.818. The van der Waals surface area contributed by atoms with E-state index >= 15 is 0 Å². The van der Waals surface area contributed by atoms with Gasteiger partial charge in [-0.15, -0.1) is 0 Å². The topological polar surface area (TPSA) is 17.1 Å². The minimum Gasteiger partial charge on any atom is -0.295 e. The fraction of sp³-hybridized carbons (Fsp3) is 0.667. The summed E-state index contributed by atoms with van der Waals surface area (Å²) < 4.78 is 0. The zero-order valence-electron chi connectivity index (χ0n) is 6.89. The second kappa shape index (κ2) is 6.53. The van der Waals surface area contributed by atoms with Crippen molar-refractivity contribution in [2.75, 3.05) is 0 Å². The molecule has 0 aliphatic heterocycles. The average molecular weight is 140 g/mol. The van der Waals surface area contributed by atoms with Crippen LogP contribution in [0.15, 0.2) is 12.2 Å². The Kier molecular flexibility index (Phi) is 6.14. The van der Waals surface area contributed by atoms with Gasteiger partial charge in [-0.2, -0.15) is 0 Å². The van der Waals surface area contributed by atoms with Crippen molar-refractivity contribution in [3.8, 4) is 0 Å². The van der Waals surface area contributed by atoms with Crippen molar-refractivity contribution in [3.63, 3.8) is 0 Å². The van der Waals surface area contributed by atoms with Crippen molar-refractivity contribution >= 4 is 5.78 Å². The highest BCUT2D eigenvalue weighted by atomic mass is 16.1. The van der Waals surface area contributed by atoms with E-state index in [1.165, 1.54) is 12.8 Å². The fourth-order valence-electron chi connectivity index (χ4n) is 0.818. The van der Waals surface area contributed by atoms with Crippen molar-refractivity contribution in [2.45, 2.75) is 39.5 Å². The van der Waals surface area contributed by atoms with Crippen LogP contribution in [-0.2, 0) is 4.79 Å². The molecule has 10 heavy (non-hydrogen) atoms. The van der Waals surface area contributed by atoms with Crippen LogP contribution >= 0.6 is 0 Å². The molecule has 0 aromatic rings. The normalized spacial score (nSPS) is 10.6. The first-order chi connectivity index (χ1) is 4.81. The summed E-state index contributed by atoms with van der Waals surface area (Å²) in [6, 6.07) is 0. The lowest BCUT2D eigenvalue weighted by atomic mass is 10.1. The molecule has 0 heterocycles. The summed E-state index contributed by atoms with van der Waals surface area (Å²) in [5, 5.41) is 0. The predicted molar refractivity (Wildman–Crippen MR) is 44.0 cm³/mol. The molecule has 0 saturated heterocycles. The van der Waals surface area contributed by atoms with Gasteiger partial charge in [0.1, 0.15) is 0 Å². The van der Waals surface area contributed by atoms with Crippen LogP contribution in [-0.4, -0.2) is 5.78 Å². The Hall–Kier alpha value is -0.590. The quantitative estimate of drug-likeness (QED) is 0.424. The van der Waals surface area contributed by atoms with Crippen LogP contribution in [0.25, 0.3) is 0 Å². The summed E-state index contributed by atoms with van der Waals surface area (Å²) in [5.41, 5.74) is 0. The molecule has 0 rings (SSSR count). The second-order valence-corrected chi connectivity index (χ2v) is 2.42. The number of hydrogen-bond donors (Lipinski definition) is 0. The molecule has 1 heteroatoms. The molecule has 0 aromatic heterocycles. The zero-order chi connectivity index (χ0) is 7.82. The molecule has 0 amide bonds. The van der Waals surface area contributed by atoms with E-state index < -0.39 is 0 Å². The standard InChI is InChI=1S/C9H16O/c1-3-5-6-8-9(10)7-4-2/h4,7H,3,5-6,8H2,1-2H3/b7-4-. The average Bonchev–Trinajstić information content (AvgIpc) is 1.89. The summed E-state index contributed by atoms with van der Waals surface area (Å²) in [5.74, 6) is 0.260.